The largest absolute Gasteiger partial charge is 0.495 e. The van der Waals surface area contributed by atoms with Crippen molar-refractivity contribution in [1.29, 1.82) is 0 Å². The van der Waals surface area contributed by atoms with Crippen LogP contribution in [0.2, 0.25) is 5.02 Å². The van der Waals surface area contributed by atoms with Gasteiger partial charge in [-0.3, -0.25) is 14.5 Å². The Bertz CT molecular complexity index is 617. The summed E-state index contributed by atoms with van der Waals surface area (Å²) in [6, 6.07) is 4.74. The van der Waals surface area contributed by atoms with Crippen LogP contribution in [0.5, 0.6) is 5.75 Å². The van der Waals surface area contributed by atoms with Crippen molar-refractivity contribution in [1.82, 2.24) is 0 Å². The molecule has 0 aliphatic heterocycles. The minimum absolute atomic E-state index is 0.320. The number of anilines is 1. The first-order valence-electron chi connectivity index (χ1n) is 5.90. The molecule has 1 aliphatic carbocycles. The molecule has 0 heterocycles. The van der Waals surface area contributed by atoms with Gasteiger partial charge < -0.3 is 10.5 Å². The Morgan fingerprint density at radius 1 is 1.50 bits per heavy atom. The number of amides is 2. The zero-order chi connectivity index (χ0) is 14.9. The molecule has 0 unspecified atom stereocenters. The van der Waals surface area contributed by atoms with Crippen molar-refractivity contribution in [2.45, 2.75) is 18.4 Å². The van der Waals surface area contributed by atoms with Crippen LogP contribution in [-0.4, -0.2) is 24.5 Å². The topological polar surface area (TPSA) is 72.6 Å². The highest BCUT2D eigenvalue weighted by molar-refractivity contribution is 6.32. The number of benzene rings is 1. The van der Waals surface area contributed by atoms with Crippen molar-refractivity contribution in [2.24, 2.45) is 5.73 Å². The molecule has 20 heavy (non-hydrogen) atoms. The van der Waals surface area contributed by atoms with Gasteiger partial charge in [0, 0.05) is 5.69 Å². The summed E-state index contributed by atoms with van der Waals surface area (Å²) in [6.45, 7) is 0. The lowest BCUT2D eigenvalue weighted by atomic mass is 10.1. The highest BCUT2D eigenvalue weighted by Gasteiger charge is 2.56. The molecule has 6 heteroatoms. The van der Waals surface area contributed by atoms with Gasteiger partial charge in [0.05, 0.1) is 12.1 Å². The molecule has 2 rings (SSSR count). The van der Waals surface area contributed by atoms with Crippen molar-refractivity contribution in [3.63, 3.8) is 0 Å². The smallest absolute Gasteiger partial charge is 0.303 e. The van der Waals surface area contributed by atoms with Crippen LogP contribution >= 0.6 is 11.6 Å². The molecule has 1 aromatic carbocycles. The number of nitrogens with zero attached hydrogens (tertiary/aromatic N) is 1. The molecular formula is C14H13ClN2O3. The zero-order valence-corrected chi connectivity index (χ0v) is 11.6. The van der Waals surface area contributed by atoms with Gasteiger partial charge in [-0.1, -0.05) is 11.6 Å². The summed E-state index contributed by atoms with van der Waals surface area (Å²) >= 11 is 6.04. The molecular weight excluding hydrogens is 280 g/mol. The van der Waals surface area contributed by atoms with Crippen molar-refractivity contribution in [3.8, 4) is 18.1 Å². The Labute approximate surface area is 121 Å². The van der Waals surface area contributed by atoms with Crippen molar-refractivity contribution < 1.29 is 14.3 Å². The second-order valence-electron chi connectivity index (χ2n) is 4.50. The summed E-state index contributed by atoms with van der Waals surface area (Å²) in [5.74, 6) is 1.28. The van der Waals surface area contributed by atoms with Crippen LogP contribution in [0, 0.1) is 12.3 Å². The van der Waals surface area contributed by atoms with Gasteiger partial charge in [-0.15, -0.1) is 6.42 Å². The van der Waals surface area contributed by atoms with Crippen LogP contribution in [0.4, 0.5) is 5.69 Å². The first-order valence-corrected chi connectivity index (χ1v) is 6.28. The van der Waals surface area contributed by atoms with Gasteiger partial charge in [0.15, 0.2) is 0 Å². The van der Waals surface area contributed by atoms with Gasteiger partial charge in [0.25, 0.3) is 0 Å². The number of hydrogen-bond acceptors (Lipinski definition) is 3. The summed E-state index contributed by atoms with van der Waals surface area (Å²) in [7, 11) is 1.48. The highest BCUT2D eigenvalue weighted by Crippen LogP contribution is 2.45. The lowest BCUT2D eigenvalue weighted by Crippen LogP contribution is -2.50. The van der Waals surface area contributed by atoms with Crippen LogP contribution < -0.4 is 15.4 Å². The molecule has 0 saturated heterocycles. The minimum atomic E-state index is -1.04. The molecule has 1 fully saturated rings. The predicted octanol–water partition coefficient (Wildman–Crippen LogP) is 1.33. The van der Waals surface area contributed by atoms with E-state index in [-0.39, 0.29) is 0 Å². The first-order chi connectivity index (χ1) is 9.46. The first kappa shape index (κ1) is 14.2. The number of carbonyl (C=O) groups excluding carboxylic acids is 2. The van der Waals surface area contributed by atoms with Gasteiger partial charge in [-0.2, -0.15) is 0 Å². The predicted molar refractivity (Wildman–Crippen MR) is 75.5 cm³/mol. The van der Waals surface area contributed by atoms with E-state index in [0.717, 1.165) is 0 Å². The van der Waals surface area contributed by atoms with Gasteiger partial charge >= 0.3 is 5.91 Å². The fraction of sp³-hybridized carbons (Fsp3) is 0.286. The van der Waals surface area contributed by atoms with Crippen molar-refractivity contribution in [3.05, 3.63) is 23.2 Å². The Morgan fingerprint density at radius 2 is 2.15 bits per heavy atom. The molecule has 5 nitrogen and oxygen atoms in total. The number of halogens is 1. The molecule has 2 N–H and O–H groups in total. The lowest BCUT2D eigenvalue weighted by Gasteiger charge is -2.28. The number of terminal acetylenes is 1. The van der Waals surface area contributed by atoms with Gasteiger partial charge in [-0.25, -0.2) is 0 Å². The Kier molecular flexibility index (Phi) is 3.60. The van der Waals surface area contributed by atoms with E-state index < -0.39 is 17.4 Å². The second-order valence-corrected chi connectivity index (χ2v) is 4.91. The fourth-order valence-corrected chi connectivity index (χ4v) is 2.37. The SMILES string of the molecule is C#CC(=O)N(c1ccc(OC)c(Cl)c1)C1(C(N)=O)CC1. The maximum atomic E-state index is 12.0. The maximum absolute atomic E-state index is 12.0. The summed E-state index contributed by atoms with van der Waals surface area (Å²) in [5, 5.41) is 0.320. The Balaban J connectivity index is 2.49. The summed E-state index contributed by atoms with van der Waals surface area (Å²) < 4.78 is 5.05. The number of rotatable bonds is 4. The number of hydrogen-bond donors (Lipinski definition) is 1. The van der Waals surface area contributed by atoms with Crippen molar-refractivity contribution in [2.75, 3.05) is 12.0 Å². The van der Waals surface area contributed by atoms with Crippen LogP contribution in [0.1, 0.15) is 12.8 Å². The molecule has 1 saturated carbocycles. The van der Waals surface area contributed by atoms with E-state index in [0.29, 0.717) is 29.3 Å². The zero-order valence-electron chi connectivity index (χ0n) is 10.9. The number of nitrogens with two attached hydrogens (primary N) is 1. The van der Waals surface area contributed by atoms with Crippen LogP contribution in [-0.2, 0) is 9.59 Å². The molecule has 0 atom stereocenters. The van der Waals surface area contributed by atoms with Crippen LogP contribution in [0.3, 0.4) is 0 Å². The van der Waals surface area contributed by atoms with E-state index in [1.807, 2.05) is 5.92 Å². The summed E-state index contributed by atoms with van der Waals surface area (Å²) in [6.07, 6.45) is 6.15. The highest BCUT2D eigenvalue weighted by atomic mass is 35.5. The van der Waals surface area contributed by atoms with Gasteiger partial charge in [0.2, 0.25) is 5.91 Å². The summed E-state index contributed by atoms with van der Waals surface area (Å²) in [4.78, 5) is 24.8. The van der Waals surface area contributed by atoms with Crippen LogP contribution in [0.15, 0.2) is 18.2 Å². The standard InChI is InChI=1S/C14H13ClN2O3/c1-3-12(18)17(14(6-7-14)13(16)19)9-4-5-11(20-2)10(15)8-9/h1,4-5,8H,6-7H2,2H3,(H2,16,19). The monoisotopic (exact) mass is 292 g/mol. The third-order valence-corrected chi connectivity index (χ3v) is 3.63. The van der Waals surface area contributed by atoms with Gasteiger partial charge in [0.1, 0.15) is 11.3 Å². The fourth-order valence-electron chi connectivity index (χ4n) is 2.12. The average Bonchev–Trinajstić information content (AvgIpc) is 3.20. The van der Waals surface area contributed by atoms with E-state index in [1.165, 1.54) is 18.1 Å². The van der Waals surface area contributed by atoms with E-state index in [1.54, 1.807) is 12.1 Å². The molecule has 0 bridgehead atoms. The van der Waals surface area contributed by atoms with E-state index in [4.69, 9.17) is 28.5 Å². The number of carbonyl (C=O) groups is 2. The number of primary amides is 1. The molecule has 2 amide bonds. The molecule has 0 radical (unpaired) electrons. The Morgan fingerprint density at radius 3 is 2.55 bits per heavy atom. The normalized spacial score (nSPS) is 15.1. The quantitative estimate of drug-likeness (QED) is 0.851. The molecule has 0 spiro atoms. The van der Waals surface area contributed by atoms with E-state index >= 15 is 0 Å². The molecule has 1 aromatic rings. The second kappa shape index (κ2) is 5.06. The Hall–Kier alpha value is -2.19. The minimum Gasteiger partial charge on any atom is -0.495 e. The van der Waals surface area contributed by atoms with Crippen molar-refractivity contribution >= 4 is 29.1 Å². The van der Waals surface area contributed by atoms with E-state index in [2.05, 4.69) is 0 Å². The molecule has 0 aromatic heterocycles. The third-order valence-electron chi connectivity index (χ3n) is 3.33. The molecule has 1 aliphatic rings. The maximum Gasteiger partial charge on any atom is 0.303 e. The summed E-state index contributed by atoms with van der Waals surface area (Å²) in [5.41, 5.74) is 4.78. The number of methoxy groups -OCH3 is 1. The lowest BCUT2D eigenvalue weighted by molar-refractivity contribution is -0.123. The molecule has 104 valence electrons. The third kappa shape index (κ3) is 2.19. The number of ether oxygens (including phenoxy) is 1. The van der Waals surface area contributed by atoms with Gasteiger partial charge in [-0.05, 0) is 37.0 Å². The van der Waals surface area contributed by atoms with E-state index in [9.17, 15) is 9.59 Å². The van der Waals surface area contributed by atoms with Crippen LogP contribution in [0.25, 0.3) is 0 Å². The average molecular weight is 293 g/mol.